The van der Waals surface area contributed by atoms with Gasteiger partial charge in [0.1, 0.15) is 0 Å². The van der Waals surface area contributed by atoms with Crippen LogP contribution in [0.1, 0.15) is 0 Å². The molecule has 0 aromatic rings. The molecule has 1 N–H and O–H groups in total. The van der Waals surface area contributed by atoms with E-state index in [1.54, 1.807) is 0 Å². The van der Waals surface area contributed by atoms with Crippen molar-refractivity contribution in [2.75, 3.05) is 0 Å². The van der Waals surface area contributed by atoms with Crippen molar-refractivity contribution >= 4 is 11.3 Å². The predicted octanol–water partition coefficient (Wildman–Crippen LogP) is -0.189. The molecular formula is HN2O2S-. The van der Waals surface area contributed by atoms with Crippen molar-refractivity contribution in [1.82, 2.24) is 0 Å². The molecule has 0 saturated heterocycles. The summed E-state index contributed by atoms with van der Waals surface area (Å²) >= 11 is -2.53. The first kappa shape index (κ1) is 4.71. The van der Waals surface area contributed by atoms with Crippen molar-refractivity contribution in [3.63, 3.8) is 0 Å². The van der Waals surface area contributed by atoms with Crippen molar-refractivity contribution in [1.29, 1.82) is 5.53 Å². The Hall–Kier alpha value is -0.290. The van der Waals surface area contributed by atoms with Crippen LogP contribution in [-0.2, 0) is 11.3 Å². The third-order valence-electron chi connectivity index (χ3n) is 0.0745. The molecule has 0 heterocycles. The molecule has 0 aliphatic carbocycles. The first-order valence-electron chi connectivity index (χ1n) is 0.740. The number of hydrogen-bond donors (Lipinski definition) is 1. The molecule has 0 rings (SSSR count). The van der Waals surface area contributed by atoms with Gasteiger partial charge in [0.05, 0.1) is 11.3 Å². The van der Waals surface area contributed by atoms with Gasteiger partial charge < -0.3 is 4.55 Å². The fraction of sp³-hybridized carbons (Fsp3) is 0. The van der Waals surface area contributed by atoms with E-state index in [9.17, 15) is 0 Å². The highest BCUT2D eigenvalue weighted by atomic mass is 32.2. The van der Waals surface area contributed by atoms with E-state index in [2.05, 4.69) is 4.52 Å². The Morgan fingerprint density at radius 1 is 2.00 bits per heavy atom. The molecule has 1 unspecified atom stereocenters. The van der Waals surface area contributed by atoms with Crippen molar-refractivity contribution in [2.45, 2.75) is 0 Å². The van der Waals surface area contributed by atoms with Gasteiger partial charge in [-0.3, -0.25) is 0 Å². The molecule has 5 heteroatoms. The Morgan fingerprint density at radius 3 is 2.20 bits per heavy atom. The molecule has 5 heavy (non-hydrogen) atoms. The monoisotopic (exact) mass is 93.0 g/mol. The molecule has 30 valence electrons. The van der Waals surface area contributed by atoms with E-state index < -0.39 is 11.3 Å². The van der Waals surface area contributed by atoms with Crippen LogP contribution in [0.5, 0.6) is 0 Å². The first-order chi connectivity index (χ1) is 2.27. The average Bonchev–Trinajstić information content (AvgIpc) is 1.38. The maximum Gasteiger partial charge on any atom is 0.0894 e. The quantitative estimate of drug-likeness (QED) is 0.360. The van der Waals surface area contributed by atoms with Crippen LogP contribution in [0.15, 0.2) is 4.52 Å². The van der Waals surface area contributed by atoms with E-state index >= 15 is 0 Å². The van der Waals surface area contributed by atoms with E-state index in [-0.39, 0.29) is 0 Å². The molecule has 4 nitrogen and oxygen atoms in total. The van der Waals surface area contributed by atoms with Crippen LogP contribution in [-0.4, -0.2) is 8.76 Å². The molecular weight excluding hydrogens is 92.1 g/mol. The Labute approximate surface area is 31.1 Å². The summed E-state index contributed by atoms with van der Waals surface area (Å²) in [5.41, 5.74) is 5.67. The second-order valence-electron chi connectivity index (χ2n) is 0.308. The minimum atomic E-state index is -2.53. The molecule has 0 aliphatic heterocycles. The highest BCUT2D eigenvalue weighted by Gasteiger charge is 1.54. The van der Waals surface area contributed by atoms with Crippen molar-refractivity contribution in [3.8, 4) is 0 Å². The number of hydrogen-bond acceptors (Lipinski definition) is 3. The van der Waals surface area contributed by atoms with Gasteiger partial charge in [-0.25, -0.2) is 4.21 Å². The van der Waals surface area contributed by atoms with Crippen LogP contribution in [0.25, 0.3) is 0 Å². The van der Waals surface area contributed by atoms with Crippen LogP contribution in [0.2, 0.25) is 0 Å². The highest BCUT2D eigenvalue weighted by Crippen LogP contribution is 1.64. The first-order valence-corrected chi connectivity index (χ1v) is 1.77. The van der Waals surface area contributed by atoms with Gasteiger partial charge in [0.25, 0.3) is 0 Å². The van der Waals surface area contributed by atoms with Gasteiger partial charge in [0.15, 0.2) is 0 Å². The predicted molar refractivity (Wildman–Crippen MR) is 14.1 cm³/mol. The maximum absolute atomic E-state index is 9.01. The molecule has 0 saturated carbocycles. The smallest absolute Gasteiger partial charge is 0.0894 e. The summed E-state index contributed by atoms with van der Waals surface area (Å²) in [4.78, 5) is 0. The van der Waals surface area contributed by atoms with E-state index in [1.807, 2.05) is 0 Å². The van der Waals surface area contributed by atoms with Crippen LogP contribution >= 0.6 is 0 Å². The lowest BCUT2D eigenvalue weighted by molar-refractivity contribution is 0.535. The van der Waals surface area contributed by atoms with Crippen LogP contribution in [0.4, 0.5) is 0 Å². The van der Waals surface area contributed by atoms with Gasteiger partial charge in [-0.15, -0.1) is 4.52 Å². The summed E-state index contributed by atoms with van der Waals surface area (Å²) in [6, 6.07) is 0. The molecule has 0 amide bonds. The van der Waals surface area contributed by atoms with Crippen LogP contribution < -0.4 is 0 Å². The van der Waals surface area contributed by atoms with E-state index in [0.29, 0.717) is 0 Å². The summed E-state index contributed by atoms with van der Waals surface area (Å²) in [7, 11) is 0. The lowest BCUT2D eigenvalue weighted by atomic mass is 13.3. The largest absolute Gasteiger partial charge is 0.752 e. The van der Waals surface area contributed by atoms with Crippen molar-refractivity contribution < 1.29 is 8.76 Å². The zero-order valence-corrected chi connectivity index (χ0v) is 2.99. The number of nitrogens with zero attached hydrogens (tertiary/aromatic N) is 1. The van der Waals surface area contributed by atoms with Gasteiger partial charge in [-0.2, -0.15) is 5.53 Å². The molecule has 1 atom stereocenters. The van der Waals surface area contributed by atoms with Gasteiger partial charge >= 0.3 is 0 Å². The molecule has 0 aromatic heterocycles. The topological polar surface area (TPSA) is 76.3 Å². The Balaban J connectivity index is 3.20. The fourth-order valence-electron chi connectivity index (χ4n) is 0. The lowest BCUT2D eigenvalue weighted by Crippen LogP contribution is -1.71. The third-order valence-corrected chi connectivity index (χ3v) is 0.224. The molecule has 0 bridgehead atoms. The molecule has 0 spiro atoms. The van der Waals surface area contributed by atoms with E-state index in [0.717, 1.165) is 0 Å². The van der Waals surface area contributed by atoms with Gasteiger partial charge in [0.2, 0.25) is 0 Å². The van der Waals surface area contributed by atoms with Crippen molar-refractivity contribution in [3.05, 3.63) is 0 Å². The minimum Gasteiger partial charge on any atom is -0.752 e. The zero-order chi connectivity index (χ0) is 4.28. The molecule has 0 aromatic carbocycles. The van der Waals surface area contributed by atoms with Crippen molar-refractivity contribution in [2.24, 2.45) is 4.52 Å². The second kappa shape index (κ2) is 1.98. The van der Waals surface area contributed by atoms with Gasteiger partial charge in [-0.05, 0) is 0 Å². The normalized spacial score (nSPS) is 13.8. The highest BCUT2D eigenvalue weighted by molar-refractivity contribution is 7.77. The molecule has 0 aliphatic rings. The van der Waals surface area contributed by atoms with Gasteiger partial charge in [0, 0.05) is 0 Å². The van der Waals surface area contributed by atoms with Gasteiger partial charge in [-0.1, -0.05) is 0 Å². The Kier molecular flexibility index (Phi) is 1.86. The standard InChI is InChI=1S/H2N2O2S/c1-2-5(3)4/h1H,(H,3,4)/p-1. The van der Waals surface area contributed by atoms with Crippen LogP contribution in [0.3, 0.4) is 0 Å². The lowest BCUT2D eigenvalue weighted by Gasteiger charge is -1.84. The second-order valence-corrected chi connectivity index (χ2v) is 0.925. The summed E-state index contributed by atoms with van der Waals surface area (Å²) in [6.07, 6.45) is 0. The summed E-state index contributed by atoms with van der Waals surface area (Å²) in [5, 5.41) is 0. The number of rotatable bonds is 1. The zero-order valence-electron chi connectivity index (χ0n) is 2.17. The third kappa shape index (κ3) is 3.71. The van der Waals surface area contributed by atoms with E-state index in [4.69, 9.17) is 14.3 Å². The minimum absolute atomic E-state index is 2.06. The molecule has 0 radical (unpaired) electrons. The summed E-state index contributed by atoms with van der Waals surface area (Å²) in [5.74, 6) is 0. The number of nitrogens with one attached hydrogen (secondary N) is 1. The Morgan fingerprint density at radius 2 is 2.20 bits per heavy atom. The van der Waals surface area contributed by atoms with Crippen LogP contribution in [0, 0.1) is 5.53 Å². The maximum atomic E-state index is 9.01. The average molecular weight is 93.1 g/mol. The fourth-order valence-corrected chi connectivity index (χ4v) is 0. The molecule has 0 fully saturated rings. The Bertz CT molecular complexity index is 58.7. The summed E-state index contributed by atoms with van der Waals surface area (Å²) in [6.45, 7) is 0. The SMILES string of the molecule is N=NS(=O)[O-]. The van der Waals surface area contributed by atoms with E-state index in [1.165, 1.54) is 0 Å². The summed E-state index contributed by atoms with van der Waals surface area (Å²) < 4.78 is 20.1.